The molecule has 1 unspecified atom stereocenters. The fraction of sp³-hybridized carbons (Fsp3) is 0.632. The molecule has 1 aromatic rings. The molecule has 0 bridgehead atoms. The first-order valence-corrected chi connectivity index (χ1v) is 8.82. The van der Waals surface area contributed by atoms with E-state index in [4.69, 9.17) is 9.47 Å². The summed E-state index contributed by atoms with van der Waals surface area (Å²) in [6.45, 7) is 3.28. The molecule has 1 atom stereocenters. The van der Waals surface area contributed by atoms with Crippen molar-refractivity contribution in [2.45, 2.75) is 25.5 Å². The van der Waals surface area contributed by atoms with Gasteiger partial charge in [0, 0.05) is 13.1 Å². The van der Waals surface area contributed by atoms with Crippen LogP contribution in [0, 0.1) is 5.92 Å². The van der Waals surface area contributed by atoms with Crippen molar-refractivity contribution in [1.29, 1.82) is 0 Å². The SMILES string of the molecule is COC(=O)C1CCN(CC(O)COc2cccc(CN(C)C)c2)CC1. The quantitative estimate of drug-likeness (QED) is 0.715. The van der Waals surface area contributed by atoms with E-state index in [0.717, 1.165) is 38.2 Å². The Morgan fingerprint density at radius 3 is 2.72 bits per heavy atom. The van der Waals surface area contributed by atoms with Gasteiger partial charge in [-0.3, -0.25) is 4.79 Å². The highest BCUT2D eigenvalue weighted by Gasteiger charge is 2.26. The van der Waals surface area contributed by atoms with E-state index in [1.807, 2.05) is 32.3 Å². The van der Waals surface area contributed by atoms with Crippen LogP contribution < -0.4 is 4.74 Å². The van der Waals surface area contributed by atoms with Crippen LogP contribution in [0.25, 0.3) is 0 Å². The van der Waals surface area contributed by atoms with Gasteiger partial charge in [-0.1, -0.05) is 12.1 Å². The first-order chi connectivity index (χ1) is 12.0. The van der Waals surface area contributed by atoms with E-state index >= 15 is 0 Å². The zero-order valence-electron chi connectivity index (χ0n) is 15.5. The van der Waals surface area contributed by atoms with Crippen LogP contribution in [-0.4, -0.2) is 74.4 Å². The molecule has 0 amide bonds. The van der Waals surface area contributed by atoms with Crippen LogP contribution in [0.5, 0.6) is 5.75 Å². The summed E-state index contributed by atoms with van der Waals surface area (Å²) in [6.07, 6.45) is 1.02. The summed E-state index contributed by atoms with van der Waals surface area (Å²) in [6, 6.07) is 7.95. The van der Waals surface area contributed by atoms with E-state index in [1.165, 1.54) is 12.7 Å². The maximum absolute atomic E-state index is 11.5. The van der Waals surface area contributed by atoms with Gasteiger partial charge in [-0.05, 0) is 57.7 Å². The molecular weight excluding hydrogens is 320 g/mol. The Balaban J connectivity index is 1.72. The van der Waals surface area contributed by atoms with Crippen LogP contribution in [0.4, 0.5) is 0 Å². The molecule has 1 saturated heterocycles. The third-order valence-corrected chi connectivity index (χ3v) is 4.43. The van der Waals surface area contributed by atoms with Crippen molar-refractivity contribution in [2.75, 3.05) is 47.4 Å². The second-order valence-electron chi connectivity index (χ2n) is 6.95. The van der Waals surface area contributed by atoms with Gasteiger partial charge in [-0.25, -0.2) is 0 Å². The largest absolute Gasteiger partial charge is 0.491 e. The van der Waals surface area contributed by atoms with Gasteiger partial charge in [-0.2, -0.15) is 0 Å². The number of aliphatic hydroxyl groups is 1. The number of methoxy groups -OCH3 is 1. The van der Waals surface area contributed by atoms with Crippen molar-refractivity contribution in [3.63, 3.8) is 0 Å². The highest BCUT2D eigenvalue weighted by Crippen LogP contribution is 2.19. The zero-order chi connectivity index (χ0) is 18.2. The van der Waals surface area contributed by atoms with E-state index in [2.05, 4.69) is 15.9 Å². The highest BCUT2D eigenvalue weighted by molar-refractivity contribution is 5.72. The highest BCUT2D eigenvalue weighted by atomic mass is 16.5. The van der Waals surface area contributed by atoms with Crippen LogP contribution in [-0.2, 0) is 16.1 Å². The van der Waals surface area contributed by atoms with Crippen molar-refractivity contribution >= 4 is 5.97 Å². The zero-order valence-corrected chi connectivity index (χ0v) is 15.5. The monoisotopic (exact) mass is 350 g/mol. The topological polar surface area (TPSA) is 62.2 Å². The number of benzene rings is 1. The summed E-state index contributed by atoms with van der Waals surface area (Å²) >= 11 is 0. The number of piperidine rings is 1. The normalized spacial score (nSPS) is 17.5. The van der Waals surface area contributed by atoms with Crippen molar-refractivity contribution in [3.8, 4) is 5.75 Å². The van der Waals surface area contributed by atoms with Gasteiger partial charge in [0.25, 0.3) is 0 Å². The van der Waals surface area contributed by atoms with Gasteiger partial charge in [-0.15, -0.1) is 0 Å². The Labute approximate surface area is 150 Å². The molecule has 140 valence electrons. The summed E-state index contributed by atoms with van der Waals surface area (Å²) in [4.78, 5) is 15.8. The molecule has 25 heavy (non-hydrogen) atoms. The molecule has 1 heterocycles. The molecule has 1 fully saturated rings. The summed E-state index contributed by atoms with van der Waals surface area (Å²) < 4.78 is 10.5. The Bertz CT molecular complexity index is 542. The molecule has 1 N–H and O–H groups in total. The maximum Gasteiger partial charge on any atom is 0.308 e. The molecule has 0 aromatic heterocycles. The Kier molecular flexibility index (Phi) is 7.68. The summed E-state index contributed by atoms with van der Waals surface area (Å²) in [5.74, 6) is 0.651. The van der Waals surface area contributed by atoms with Gasteiger partial charge in [0.15, 0.2) is 0 Å². The first kappa shape index (κ1) is 19.7. The lowest BCUT2D eigenvalue weighted by Gasteiger charge is -2.31. The van der Waals surface area contributed by atoms with E-state index in [-0.39, 0.29) is 18.5 Å². The lowest BCUT2D eigenvalue weighted by atomic mass is 9.97. The maximum atomic E-state index is 11.5. The van der Waals surface area contributed by atoms with Gasteiger partial charge in [0.2, 0.25) is 0 Å². The molecule has 6 nitrogen and oxygen atoms in total. The minimum atomic E-state index is -0.549. The molecule has 1 aromatic carbocycles. The number of likely N-dealkylation sites (tertiary alicyclic amines) is 1. The van der Waals surface area contributed by atoms with Gasteiger partial charge in [0.1, 0.15) is 18.5 Å². The molecule has 0 spiro atoms. The Morgan fingerprint density at radius 1 is 1.36 bits per heavy atom. The van der Waals surface area contributed by atoms with Crippen LogP contribution in [0.1, 0.15) is 18.4 Å². The second kappa shape index (κ2) is 9.75. The number of nitrogens with zero attached hydrogens (tertiary/aromatic N) is 2. The minimum absolute atomic E-state index is 0.00548. The number of carbonyl (C=O) groups excluding carboxylic acids is 1. The van der Waals surface area contributed by atoms with Gasteiger partial charge < -0.3 is 24.4 Å². The molecule has 1 aliphatic heterocycles. The fourth-order valence-corrected chi connectivity index (χ4v) is 3.16. The number of hydrogen-bond donors (Lipinski definition) is 1. The van der Waals surface area contributed by atoms with E-state index in [0.29, 0.717) is 6.54 Å². The molecule has 6 heteroatoms. The van der Waals surface area contributed by atoms with Crippen LogP contribution in [0.15, 0.2) is 24.3 Å². The summed E-state index contributed by atoms with van der Waals surface area (Å²) in [5.41, 5.74) is 1.18. The Hall–Kier alpha value is -1.63. The fourth-order valence-electron chi connectivity index (χ4n) is 3.16. The molecule has 2 rings (SSSR count). The van der Waals surface area contributed by atoms with Crippen molar-refractivity contribution in [3.05, 3.63) is 29.8 Å². The van der Waals surface area contributed by atoms with Crippen LogP contribution >= 0.6 is 0 Å². The van der Waals surface area contributed by atoms with Gasteiger partial charge >= 0.3 is 5.97 Å². The van der Waals surface area contributed by atoms with E-state index < -0.39 is 6.10 Å². The number of hydrogen-bond acceptors (Lipinski definition) is 6. The number of esters is 1. The molecule has 0 saturated carbocycles. The number of rotatable bonds is 8. The molecular formula is C19H30N2O4. The molecule has 1 aliphatic rings. The molecule has 0 radical (unpaired) electrons. The van der Waals surface area contributed by atoms with Crippen molar-refractivity contribution in [2.24, 2.45) is 5.92 Å². The van der Waals surface area contributed by atoms with Crippen molar-refractivity contribution < 1.29 is 19.4 Å². The Morgan fingerprint density at radius 2 is 2.08 bits per heavy atom. The summed E-state index contributed by atoms with van der Waals surface area (Å²) in [5, 5.41) is 10.2. The lowest BCUT2D eigenvalue weighted by molar-refractivity contribution is -0.147. The number of ether oxygens (including phenoxy) is 2. The molecule has 0 aliphatic carbocycles. The van der Waals surface area contributed by atoms with Gasteiger partial charge in [0.05, 0.1) is 13.0 Å². The lowest BCUT2D eigenvalue weighted by Crippen LogP contribution is -2.42. The van der Waals surface area contributed by atoms with Crippen LogP contribution in [0.3, 0.4) is 0 Å². The van der Waals surface area contributed by atoms with Crippen LogP contribution in [0.2, 0.25) is 0 Å². The average molecular weight is 350 g/mol. The summed E-state index contributed by atoms with van der Waals surface area (Å²) in [7, 11) is 5.49. The number of β-amino-alcohol motifs (C(OH)–C–C–N with tert-alkyl or cyclic N) is 1. The first-order valence-electron chi connectivity index (χ1n) is 8.82. The average Bonchev–Trinajstić information content (AvgIpc) is 2.60. The van der Waals surface area contributed by atoms with E-state index in [9.17, 15) is 9.90 Å². The number of carbonyl (C=O) groups is 1. The second-order valence-corrected chi connectivity index (χ2v) is 6.95. The standard InChI is InChI=1S/C19H30N2O4/c1-20(2)12-15-5-4-6-18(11-15)25-14-17(22)13-21-9-7-16(8-10-21)19(23)24-3/h4-6,11,16-17,22H,7-10,12-14H2,1-3H3. The minimum Gasteiger partial charge on any atom is -0.491 e. The third kappa shape index (κ3) is 6.65. The van der Waals surface area contributed by atoms with E-state index in [1.54, 1.807) is 0 Å². The predicted molar refractivity (Wildman–Crippen MR) is 96.5 cm³/mol. The van der Waals surface area contributed by atoms with Crippen molar-refractivity contribution in [1.82, 2.24) is 9.80 Å². The number of aliphatic hydroxyl groups excluding tert-OH is 1. The predicted octanol–water partition coefficient (Wildman–Crippen LogP) is 1.37. The third-order valence-electron chi connectivity index (χ3n) is 4.43. The smallest absolute Gasteiger partial charge is 0.308 e.